The number of carboxylic acids is 1. The molecule has 108 valence electrons. The molecule has 0 unspecified atom stereocenters. The molecular formula is C16H22N2O2. The summed E-state index contributed by atoms with van der Waals surface area (Å²) < 4.78 is 0. The van der Waals surface area contributed by atoms with Gasteiger partial charge in [0.2, 0.25) is 0 Å². The second kappa shape index (κ2) is 6.20. The summed E-state index contributed by atoms with van der Waals surface area (Å²) in [7, 11) is 1.98. The summed E-state index contributed by atoms with van der Waals surface area (Å²) in [6, 6.07) is 10.5. The SMILES string of the molecule is C=C(C(=O)O)[C@H]1CN(Cc2ccccc2)C[C@H](C)N1C. The van der Waals surface area contributed by atoms with Gasteiger partial charge in [0.25, 0.3) is 0 Å². The van der Waals surface area contributed by atoms with Crippen LogP contribution < -0.4 is 0 Å². The largest absolute Gasteiger partial charge is 0.478 e. The van der Waals surface area contributed by atoms with Crippen molar-refractivity contribution in [1.29, 1.82) is 0 Å². The summed E-state index contributed by atoms with van der Waals surface area (Å²) in [5, 5.41) is 9.17. The van der Waals surface area contributed by atoms with Gasteiger partial charge in [0, 0.05) is 31.2 Å². The van der Waals surface area contributed by atoms with Crippen LogP contribution in [0.25, 0.3) is 0 Å². The molecule has 1 aliphatic heterocycles. The van der Waals surface area contributed by atoms with Crippen LogP contribution in [0, 0.1) is 0 Å². The van der Waals surface area contributed by atoms with Gasteiger partial charge in [0.15, 0.2) is 0 Å². The first-order valence-electron chi connectivity index (χ1n) is 6.89. The van der Waals surface area contributed by atoms with E-state index in [1.54, 1.807) is 0 Å². The minimum absolute atomic E-state index is 0.125. The molecule has 2 atom stereocenters. The molecule has 0 amide bonds. The summed E-state index contributed by atoms with van der Waals surface area (Å²) in [6.07, 6.45) is 0. The van der Waals surface area contributed by atoms with Crippen LogP contribution in [0.4, 0.5) is 0 Å². The fourth-order valence-electron chi connectivity index (χ4n) is 2.73. The number of likely N-dealkylation sites (N-methyl/N-ethyl adjacent to an activating group) is 1. The Labute approximate surface area is 120 Å². The van der Waals surface area contributed by atoms with Crippen LogP contribution in [0.15, 0.2) is 42.5 Å². The molecule has 0 saturated carbocycles. The predicted octanol–water partition coefficient (Wildman–Crippen LogP) is 1.83. The maximum atomic E-state index is 11.2. The van der Waals surface area contributed by atoms with E-state index in [1.807, 2.05) is 25.2 Å². The lowest BCUT2D eigenvalue weighted by molar-refractivity contribution is -0.133. The van der Waals surface area contributed by atoms with Gasteiger partial charge in [0.1, 0.15) is 0 Å². The van der Waals surface area contributed by atoms with Crippen molar-refractivity contribution < 1.29 is 9.90 Å². The van der Waals surface area contributed by atoms with Crippen LogP contribution in [-0.2, 0) is 11.3 Å². The number of aliphatic carboxylic acids is 1. The molecule has 1 aromatic carbocycles. The van der Waals surface area contributed by atoms with Gasteiger partial charge in [-0.25, -0.2) is 4.79 Å². The van der Waals surface area contributed by atoms with E-state index in [2.05, 4.69) is 35.4 Å². The zero-order chi connectivity index (χ0) is 14.7. The number of hydrogen-bond donors (Lipinski definition) is 1. The van der Waals surface area contributed by atoms with Gasteiger partial charge in [-0.2, -0.15) is 0 Å². The monoisotopic (exact) mass is 274 g/mol. The van der Waals surface area contributed by atoms with Crippen molar-refractivity contribution in [3.05, 3.63) is 48.0 Å². The summed E-state index contributed by atoms with van der Waals surface area (Å²) in [5.74, 6) is -0.907. The third kappa shape index (κ3) is 3.26. The highest BCUT2D eigenvalue weighted by Gasteiger charge is 2.33. The van der Waals surface area contributed by atoms with E-state index in [9.17, 15) is 4.79 Å². The third-order valence-electron chi connectivity index (χ3n) is 4.07. The number of hydrogen-bond acceptors (Lipinski definition) is 3. The van der Waals surface area contributed by atoms with Crippen molar-refractivity contribution in [2.75, 3.05) is 20.1 Å². The topological polar surface area (TPSA) is 43.8 Å². The number of benzene rings is 1. The number of rotatable bonds is 4. The third-order valence-corrected chi connectivity index (χ3v) is 4.07. The van der Waals surface area contributed by atoms with Crippen LogP contribution in [-0.4, -0.2) is 53.1 Å². The Morgan fingerprint density at radius 1 is 1.35 bits per heavy atom. The van der Waals surface area contributed by atoms with Crippen LogP contribution >= 0.6 is 0 Å². The van der Waals surface area contributed by atoms with E-state index in [0.29, 0.717) is 12.6 Å². The second-order valence-electron chi connectivity index (χ2n) is 5.54. The van der Waals surface area contributed by atoms with Gasteiger partial charge in [0.05, 0.1) is 6.04 Å². The second-order valence-corrected chi connectivity index (χ2v) is 5.54. The summed E-state index contributed by atoms with van der Waals surface area (Å²) >= 11 is 0. The molecule has 4 heteroatoms. The average Bonchev–Trinajstić information content (AvgIpc) is 2.43. The maximum Gasteiger partial charge on any atom is 0.332 e. The number of carbonyl (C=O) groups is 1. The number of nitrogens with zero attached hydrogens (tertiary/aromatic N) is 2. The summed E-state index contributed by atoms with van der Waals surface area (Å²) in [5.41, 5.74) is 1.53. The van der Waals surface area contributed by atoms with Crippen LogP contribution in [0.3, 0.4) is 0 Å². The Balaban J connectivity index is 2.09. The standard InChI is InChI=1S/C16H22N2O2/c1-12-9-18(10-14-7-5-4-6-8-14)11-15(17(12)3)13(2)16(19)20/h4-8,12,15H,2,9-11H2,1,3H3,(H,19,20)/t12-,15+/m0/s1. The van der Waals surface area contributed by atoms with E-state index >= 15 is 0 Å². The zero-order valence-electron chi connectivity index (χ0n) is 12.1. The van der Waals surface area contributed by atoms with Gasteiger partial charge >= 0.3 is 5.97 Å². The molecule has 0 aromatic heterocycles. The Bertz CT molecular complexity index is 487. The molecule has 1 fully saturated rings. The molecule has 1 heterocycles. The molecule has 2 rings (SSSR count). The first kappa shape index (κ1) is 14.8. The molecule has 20 heavy (non-hydrogen) atoms. The van der Waals surface area contributed by atoms with Gasteiger partial charge < -0.3 is 5.11 Å². The molecule has 1 aliphatic rings. The highest BCUT2D eigenvalue weighted by Crippen LogP contribution is 2.20. The van der Waals surface area contributed by atoms with Crippen LogP contribution in [0.1, 0.15) is 12.5 Å². The minimum atomic E-state index is -0.907. The highest BCUT2D eigenvalue weighted by molar-refractivity contribution is 5.87. The Hall–Kier alpha value is -1.65. The van der Waals surface area contributed by atoms with E-state index in [-0.39, 0.29) is 11.6 Å². The van der Waals surface area contributed by atoms with Gasteiger partial charge in [-0.3, -0.25) is 9.80 Å². The van der Waals surface area contributed by atoms with Crippen LogP contribution in [0.2, 0.25) is 0 Å². The normalized spacial score (nSPS) is 24.5. The van der Waals surface area contributed by atoms with E-state index in [4.69, 9.17) is 5.11 Å². The highest BCUT2D eigenvalue weighted by atomic mass is 16.4. The van der Waals surface area contributed by atoms with E-state index < -0.39 is 5.97 Å². The lowest BCUT2D eigenvalue weighted by Crippen LogP contribution is -2.56. The summed E-state index contributed by atoms with van der Waals surface area (Å²) in [6.45, 7) is 8.36. The zero-order valence-corrected chi connectivity index (χ0v) is 12.1. The molecule has 0 spiro atoms. The Morgan fingerprint density at radius 3 is 2.60 bits per heavy atom. The fourth-order valence-corrected chi connectivity index (χ4v) is 2.73. The van der Waals surface area contributed by atoms with Crippen molar-refractivity contribution in [1.82, 2.24) is 9.80 Å². The Kier molecular flexibility index (Phi) is 4.57. The summed E-state index contributed by atoms with van der Waals surface area (Å²) in [4.78, 5) is 15.6. The number of piperazine rings is 1. The molecule has 0 bridgehead atoms. The van der Waals surface area contributed by atoms with Crippen LogP contribution in [0.5, 0.6) is 0 Å². The Morgan fingerprint density at radius 2 is 2.00 bits per heavy atom. The number of carboxylic acid groups (broad SMARTS) is 1. The predicted molar refractivity (Wildman–Crippen MR) is 79.5 cm³/mol. The van der Waals surface area contributed by atoms with E-state index in [0.717, 1.165) is 13.1 Å². The minimum Gasteiger partial charge on any atom is -0.478 e. The molecule has 1 aromatic rings. The van der Waals surface area contributed by atoms with Gasteiger partial charge in [-0.1, -0.05) is 36.9 Å². The quantitative estimate of drug-likeness (QED) is 0.851. The molecule has 1 N–H and O–H groups in total. The maximum absolute atomic E-state index is 11.2. The molecule has 0 radical (unpaired) electrons. The van der Waals surface area contributed by atoms with Crippen molar-refractivity contribution >= 4 is 5.97 Å². The lowest BCUT2D eigenvalue weighted by atomic mass is 10.0. The molecule has 0 aliphatic carbocycles. The smallest absolute Gasteiger partial charge is 0.332 e. The lowest BCUT2D eigenvalue weighted by Gasteiger charge is -2.44. The molecule has 1 saturated heterocycles. The molecule has 4 nitrogen and oxygen atoms in total. The first-order chi connectivity index (χ1) is 9.49. The van der Waals surface area contributed by atoms with Crippen molar-refractivity contribution in [2.24, 2.45) is 0 Å². The average molecular weight is 274 g/mol. The molecular weight excluding hydrogens is 252 g/mol. The van der Waals surface area contributed by atoms with Crippen molar-refractivity contribution in [2.45, 2.75) is 25.6 Å². The van der Waals surface area contributed by atoms with E-state index in [1.165, 1.54) is 5.56 Å². The van der Waals surface area contributed by atoms with Gasteiger partial charge in [-0.15, -0.1) is 0 Å². The van der Waals surface area contributed by atoms with Crippen molar-refractivity contribution in [3.63, 3.8) is 0 Å². The fraction of sp³-hybridized carbons (Fsp3) is 0.438. The van der Waals surface area contributed by atoms with Crippen molar-refractivity contribution in [3.8, 4) is 0 Å². The first-order valence-corrected chi connectivity index (χ1v) is 6.89. The van der Waals surface area contributed by atoms with Gasteiger partial charge in [-0.05, 0) is 19.5 Å².